The lowest BCUT2D eigenvalue weighted by Gasteiger charge is -2.34. The molecule has 0 N–H and O–H groups in total. The van der Waals surface area contributed by atoms with Crippen LogP contribution in [0, 0.1) is 6.92 Å². The quantitative estimate of drug-likeness (QED) is 0.752. The average molecular weight is 364 g/mol. The molecule has 2 fully saturated rings. The van der Waals surface area contributed by atoms with Crippen molar-refractivity contribution in [2.24, 2.45) is 0 Å². The molecule has 1 atom stereocenters. The highest BCUT2D eigenvalue weighted by atomic mass is 32.2. The number of likely N-dealkylation sites (tertiary alicyclic amines) is 1. The molecule has 2 aliphatic heterocycles. The Kier molecular flexibility index (Phi) is 4.75. The molecule has 0 radical (unpaired) electrons. The van der Waals surface area contributed by atoms with E-state index in [-0.39, 0.29) is 24.3 Å². The first-order valence-corrected chi connectivity index (χ1v) is 9.74. The Hall–Kier alpha value is -2.06. The molecule has 0 saturated carbocycles. The maximum Gasteiger partial charge on any atom is 0.254 e. The predicted octanol–water partition coefficient (Wildman–Crippen LogP) is 1.21. The van der Waals surface area contributed by atoms with Crippen molar-refractivity contribution in [3.63, 3.8) is 0 Å². The summed E-state index contributed by atoms with van der Waals surface area (Å²) in [5.74, 6) is -1.82. The smallest absolute Gasteiger partial charge is 0.254 e. The monoisotopic (exact) mass is 364 g/mol. The van der Waals surface area contributed by atoms with Crippen LogP contribution in [0.25, 0.3) is 0 Å². The molecule has 2 heterocycles. The summed E-state index contributed by atoms with van der Waals surface area (Å²) < 4.78 is 27.1. The fourth-order valence-corrected chi connectivity index (χ4v) is 4.91. The molecule has 3 rings (SSSR count). The number of nitrogens with zero attached hydrogens (tertiary/aromatic N) is 2. The number of sulfonamides is 1. The van der Waals surface area contributed by atoms with Gasteiger partial charge >= 0.3 is 0 Å². The van der Waals surface area contributed by atoms with E-state index in [1.807, 2.05) is 6.92 Å². The third kappa shape index (κ3) is 3.23. The van der Waals surface area contributed by atoms with Crippen LogP contribution >= 0.6 is 0 Å². The van der Waals surface area contributed by atoms with Crippen molar-refractivity contribution < 1.29 is 22.8 Å². The minimum absolute atomic E-state index is 0.00199. The molecule has 0 aromatic heterocycles. The maximum absolute atomic E-state index is 13.0. The number of hydrogen-bond acceptors (Lipinski definition) is 5. The summed E-state index contributed by atoms with van der Waals surface area (Å²) >= 11 is 0. The molecule has 3 amide bonds. The Morgan fingerprint density at radius 1 is 1.04 bits per heavy atom. The Morgan fingerprint density at radius 2 is 1.64 bits per heavy atom. The van der Waals surface area contributed by atoms with Crippen molar-refractivity contribution in [1.29, 1.82) is 0 Å². The van der Waals surface area contributed by atoms with Gasteiger partial charge in [-0.05, 0) is 31.9 Å². The van der Waals surface area contributed by atoms with E-state index in [0.29, 0.717) is 24.2 Å². The summed E-state index contributed by atoms with van der Waals surface area (Å²) in [5.41, 5.74) is 0.929. The van der Waals surface area contributed by atoms with Gasteiger partial charge in [0, 0.05) is 19.4 Å². The Labute approximate surface area is 146 Å². The van der Waals surface area contributed by atoms with Gasteiger partial charge in [0.1, 0.15) is 6.04 Å². The minimum Gasteiger partial charge on any atom is -0.274 e. The van der Waals surface area contributed by atoms with Crippen molar-refractivity contribution in [2.45, 2.75) is 50.0 Å². The third-order valence-electron chi connectivity index (χ3n) is 4.64. The molecule has 25 heavy (non-hydrogen) atoms. The Balaban J connectivity index is 1.93. The van der Waals surface area contributed by atoms with E-state index in [9.17, 15) is 22.8 Å². The van der Waals surface area contributed by atoms with Gasteiger partial charge in [-0.25, -0.2) is 13.3 Å². The Morgan fingerprint density at radius 3 is 2.24 bits per heavy atom. The van der Waals surface area contributed by atoms with E-state index in [1.165, 1.54) is 12.1 Å². The van der Waals surface area contributed by atoms with Crippen LogP contribution in [-0.4, -0.2) is 47.9 Å². The van der Waals surface area contributed by atoms with Crippen molar-refractivity contribution in [1.82, 2.24) is 9.21 Å². The number of carbonyl (C=O) groups excluding carboxylic acids is 3. The fraction of sp³-hybridized carbons (Fsp3) is 0.471. The van der Waals surface area contributed by atoms with Crippen molar-refractivity contribution in [3.8, 4) is 0 Å². The van der Waals surface area contributed by atoms with Gasteiger partial charge in [-0.3, -0.25) is 14.4 Å². The van der Waals surface area contributed by atoms with Crippen LogP contribution in [0.3, 0.4) is 0 Å². The highest BCUT2D eigenvalue weighted by molar-refractivity contribution is 7.89. The number of carbonyl (C=O) groups is 3. The molecule has 134 valence electrons. The Bertz CT molecular complexity index is 800. The van der Waals surface area contributed by atoms with E-state index in [1.54, 1.807) is 12.1 Å². The van der Waals surface area contributed by atoms with Crippen molar-refractivity contribution >= 4 is 27.7 Å². The van der Waals surface area contributed by atoms with Crippen LogP contribution in [0.2, 0.25) is 0 Å². The van der Waals surface area contributed by atoms with Crippen LogP contribution in [0.5, 0.6) is 0 Å². The van der Waals surface area contributed by atoms with Crippen LogP contribution in [0.15, 0.2) is 29.2 Å². The lowest BCUT2D eigenvalue weighted by Crippen LogP contribution is -2.54. The molecule has 0 bridgehead atoms. The van der Waals surface area contributed by atoms with Crippen molar-refractivity contribution in [3.05, 3.63) is 29.8 Å². The number of imide groups is 3. The molecule has 2 aliphatic rings. The summed E-state index contributed by atoms with van der Waals surface area (Å²) in [6, 6.07) is 5.40. The summed E-state index contributed by atoms with van der Waals surface area (Å²) in [4.78, 5) is 37.2. The second kappa shape index (κ2) is 6.68. The van der Waals surface area contributed by atoms with Crippen LogP contribution in [0.4, 0.5) is 0 Å². The summed E-state index contributed by atoms with van der Waals surface area (Å²) in [5, 5.41) is 0. The number of benzene rings is 1. The SMILES string of the molecule is Cc1ccc(S(=O)(=O)N2CCCC[C@H]2C(=O)N2C(=O)CCC2=O)cc1. The highest BCUT2D eigenvalue weighted by Crippen LogP contribution is 2.28. The first-order valence-electron chi connectivity index (χ1n) is 8.30. The standard InChI is InChI=1S/C17H20N2O5S/c1-12-5-7-13(8-6-12)25(23,24)18-11-3-2-4-14(18)17(22)19-15(20)9-10-16(19)21/h5-8,14H,2-4,9-11H2,1H3/t14-/m0/s1. The molecule has 1 aromatic carbocycles. The minimum atomic E-state index is -3.87. The van der Waals surface area contributed by atoms with Gasteiger partial charge in [-0.1, -0.05) is 24.1 Å². The zero-order valence-corrected chi connectivity index (χ0v) is 14.8. The van der Waals surface area contributed by atoms with Gasteiger partial charge in [0.15, 0.2) is 0 Å². The van der Waals surface area contributed by atoms with Crippen LogP contribution in [0.1, 0.15) is 37.7 Å². The van der Waals surface area contributed by atoms with Gasteiger partial charge in [0.25, 0.3) is 5.91 Å². The normalized spacial score (nSPS) is 22.4. The molecule has 8 heteroatoms. The average Bonchev–Trinajstić information content (AvgIpc) is 2.93. The number of piperidine rings is 1. The van der Waals surface area contributed by atoms with Gasteiger partial charge in [-0.2, -0.15) is 4.31 Å². The van der Waals surface area contributed by atoms with Gasteiger partial charge < -0.3 is 0 Å². The first-order chi connectivity index (χ1) is 11.8. The molecule has 2 saturated heterocycles. The van der Waals surface area contributed by atoms with E-state index >= 15 is 0 Å². The summed E-state index contributed by atoms with van der Waals surface area (Å²) in [7, 11) is -3.87. The van der Waals surface area contributed by atoms with Gasteiger partial charge in [-0.15, -0.1) is 0 Å². The zero-order chi connectivity index (χ0) is 18.2. The number of aryl methyl sites for hydroxylation is 1. The van der Waals surface area contributed by atoms with Gasteiger partial charge in [0.2, 0.25) is 21.8 Å². The maximum atomic E-state index is 13.0. The molecule has 0 spiro atoms. The lowest BCUT2D eigenvalue weighted by atomic mass is 10.0. The summed E-state index contributed by atoms with van der Waals surface area (Å²) in [6.45, 7) is 2.05. The largest absolute Gasteiger partial charge is 0.274 e. The van der Waals surface area contributed by atoms with E-state index < -0.39 is 33.8 Å². The molecule has 1 aromatic rings. The zero-order valence-electron chi connectivity index (χ0n) is 14.0. The number of hydrogen-bond donors (Lipinski definition) is 0. The number of amides is 3. The highest BCUT2D eigenvalue weighted by Gasteiger charge is 2.44. The predicted molar refractivity (Wildman–Crippen MR) is 88.8 cm³/mol. The van der Waals surface area contributed by atoms with E-state index in [2.05, 4.69) is 0 Å². The summed E-state index contributed by atoms with van der Waals surface area (Å²) in [6.07, 6.45) is 1.62. The molecular formula is C17H20N2O5S. The van der Waals surface area contributed by atoms with Gasteiger partial charge in [0.05, 0.1) is 4.90 Å². The van der Waals surface area contributed by atoms with E-state index in [4.69, 9.17) is 0 Å². The molecule has 7 nitrogen and oxygen atoms in total. The molecular weight excluding hydrogens is 344 g/mol. The lowest BCUT2D eigenvalue weighted by molar-refractivity contribution is -0.152. The van der Waals surface area contributed by atoms with Crippen LogP contribution < -0.4 is 0 Å². The number of rotatable bonds is 3. The van der Waals surface area contributed by atoms with Crippen LogP contribution in [-0.2, 0) is 24.4 Å². The fourth-order valence-electron chi connectivity index (χ4n) is 3.26. The first kappa shape index (κ1) is 17.8. The second-order valence-corrected chi connectivity index (χ2v) is 8.29. The van der Waals surface area contributed by atoms with E-state index in [0.717, 1.165) is 9.87 Å². The molecule has 0 unspecified atom stereocenters. The second-order valence-electron chi connectivity index (χ2n) is 6.40. The topological polar surface area (TPSA) is 91.8 Å². The third-order valence-corrected chi connectivity index (χ3v) is 6.56. The molecule has 0 aliphatic carbocycles. The van der Waals surface area contributed by atoms with Crippen molar-refractivity contribution in [2.75, 3.05) is 6.54 Å².